The number of nitrogens with two attached hydrogens (primary N) is 1. The van der Waals surface area contributed by atoms with Gasteiger partial charge >= 0.3 is 0 Å². The minimum absolute atomic E-state index is 0.663. The predicted octanol–water partition coefficient (Wildman–Crippen LogP) is 3.72. The Labute approximate surface area is 108 Å². The molecule has 0 aliphatic rings. The lowest BCUT2D eigenvalue weighted by molar-refractivity contribution is 0.340. The average molecular weight is 242 g/mol. The van der Waals surface area contributed by atoms with Crippen molar-refractivity contribution in [3.63, 3.8) is 0 Å². The molecule has 0 atom stereocenters. The van der Waals surface area contributed by atoms with E-state index < -0.39 is 0 Å². The molecule has 0 fully saturated rings. The van der Waals surface area contributed by atoms with Crippen molar-refractivity contribution in [2.24, 2.45) is 0 Å². The predicted molar refractivity (Wildman–Crippen MR) is 76.5 cm³/mol. The van der Waals surface area contributed by atoms with Gasteiger partial charge in [0.25, 0.3) is 0 Å². The Kier molecular flexibility index (Phi) is 3.72. The maximum Gasteiger partial charge on any atom is 0.121 e. The Balaban J connectivity index is 2.20. The topological polar surface area (TPSA) is 47.3 Å². The third kappa shape index (κ3) is 2.94. The molecule has 94 valence electrons. The number of nitrogens with one attached hydrogen (secondary N) is 1. The number of anilines is 3. The first kappa shape index (κ1) is 12.3. The lowest BCUT2D eigenvalue weighted by Gasteiger charge is -2.11. The van der Waals surface area contributed by atoms with Crippen LogP contribution in [0, 0.1) is 6.92 Å². The van der Waals surface area contributed by atoms with Crippen molar-refractivity contribution < 1.29 is 4.74 Å². The van der Waals surface area contributed by atoms with Gasteiger partial charge < -0.3 is 15.8 Å². The van der Waals surface area contributed by atoms with Crippen molar-refractivity contribution in [2.75, 3.05) is 17.7 Å². The molecule has 18 heavy (non-hydrogen) atoms. The highest BCUT2D eigenvalue weighted by Crippen LogP contribution is 2.26. The van der Waals surface area contributed by atoms with Gasteiger partial charge in [0.2, 0.25) is 0 Å². The first-order valence-corrected chi connectivity index (χ1v) is 6.05. The second kappa shape index (κ2) is 5.45. The zero-order chi connectivity index (χ0) is 13.0. The van der Waals surface area contributed by atoms with E-state index in [4.69, 9.17) is 10.5 Å². The Hall–Kier alpha value is -2.16. The molecule has 0 heterocycles. The maximum atomic E-state index is 5.97. The van der Waals surface area contributed by atoms with Crippen LogP contribution in [-0.2, 0) is 0 Å². The summed E-state index contributed by atoms with van der Waals surface area (Å²) in [6.45, 7) is 4.66. The molecular formula is C15H18N2O. The summed E-state index contributed by atoms with van der Waals surface area (Å²) in [4.78, 5) is 0. The van der Waals surface area contributed by atoms with E-state index in [-0.39, 0.29) is 0 Å². The lowest BCUT2D eigenvalue weighted by Crippen LogP contribution is -1.97. The number of hydrogen-bond acceptors (Lipinski definition) is 3. The van der Waals surface area contributed by atoms with Gasteiger partial charge in [-0.2, -0.15) is 0 Å². The first-order valence-electron chi connectivity index (χ1n) is 6.05. The summed E-state index contributed by atoms with van der Waals surface area (Å²) >= 11 is 0. The lowest BCUT2D eigenvalue weighted by atomic mass is 10.2. The summed E-state index contributed by atoms with van der Waals surface area (Å²) in [6, 6.07) is 13.8. The average Bonchev–Trinajstić information content (AvgIpc) is 2.34. The van der Waals surface area contributed by atoms with E-state index in [9.17, 15) is 0 Å². The fraction of sp³-hybridized carbons (Fsp3) is 0.200. The summed E-state index contributed by atoms with van der Waals surface area (Å²) in [5.41, 5.74) is 9.75. The molecule has 0 radical (unpaired) electrons. The largest absolute Gasteiger partial charge is 0.494 e. The van der Waals surface area contributed by atoms with Crippen LogP contribution in [0.3, 0.4) is 0 Å². The minimum atomic E-state index is 0.663. The summed E-state index contributed by atoms with van der Waals surface area (Å²) in [5.74, 6) is 0.855. The first-order chi connectivity index (χ1) is 8.69. The molecule has 0 bridgehead atoms. The van der Waals surface area contributed by atoms with E-state index in [1.165, 1.54) is 0 Å². The number of ether oxygens (including phenoxy) is 1. The highest BCUT2D eigenvalue weighted by molar-refractivity contribution is 5.73. The van der Waals surface area contributed by atoms with Crippen molar-refractivity contribution >= 4 is 17.1 Å². The zero-order valence-electron chi connectivity index (χ0n) is 10.7. The second-order valence-electron chi connectivity index (χ2n) is 4.18. The van der Waals surface area contributed by atoms with Gasteiger partial charge in [0.05, 0.1) is 18.0 Å². The van der Waals surface area contributed by atoms with E-state index in [2.05, 4.69) is 5.32 Å². The minimum Gasteiger partial charge on any atom is -0.494 e. The molecule has 2 aromatic carbocycles. The molecule has 0 unspecified atom stereocenters. The maximum absolute atomic E-state index is 5.97. The number of nitrogen functional groups attached to an aromatic ring is 1. The highest BCUT2D eigenvalue weighted by atomic mass is 16.5. The van der Waals surface area contributed by atoms with E-state index in [1.54, 1.807) is 0 Å². The summed E-state index contributed by atoms with van der Waals surface area (Å²) in [7, 11) is 0. The van der Waals surface area contributed by atoms with E-state index in [1.807, 2.05) is 56.3 Å². The van der Waals surface area contributed by atoms with E-state index in [0.717, 1.165) is 28.4 Å². The highest BCUT2D eigenvalue weighted by Gasteiger charge is 2.01. The van der Waals surface area contributed by atoms with Crippen molar-refractivity contribution in [1.29, 1.82) is 0 Å². The molecule has 0 saturated heterocycles. The summed E-state index contributed by atoms with van der Waals surface area (Å²) in [5, 5.41) is 3.29. The van der Waals surface area contributed by atoms with E-state index in [0.29, 0.717) is 6.61 Å². The standard InChI is InChI=1S/C15H18N2O/c1-3-18-13-6-4-5-12(10-13)17-15-8-7-11(2)9-14(15)16/h4-10,17H,3,16H2,1-2H3. The van der Waals surface area contributed by atoms with Crippen molar-refractivity contribution in [3.05, 3.63) is 48.0 Å². The molecule has 2 aromatic rings. The molecule has 0 spiro atoms. The molecule has 0 aliphatic heterocycles. The third-order valence-electron chi connectivity index (χ3n) is 2.63. The van der Waals surface area contributed by atoms with Crippen LogP contribution in [0.1, 0.15) is 12.5 Å². The Morgan fingerprint density at radius 2 is 2.00 bits per heavy atom. The van der Waals surface area contributed by atoms with Crippen molar-refractivity contribution in [3.8, 4) is 5.75 Å². The monoisotopic (exact) mass is 242 g/mol. The molecule has 2 rings (SSSR count). The molecule has 0 aromatic heterocycles. The van der Waals surface area contributed by atoms with Crippen LogP contribution in [0.5, 0.6) is 5.75 Å². The quantitative estimate of drug-likeness (QED) is 0.803. The molecule has 3 N–H and O–H groups in total. The number of aryl methyl sites for hydroxylation is 1. The second-order valence-corrected chi connectivity index (χ2v) is 4.18. The fourth-order valence-electron chi connectivity index (χ4n) is 1.78. The van der Waals surface area contributed by atoms with Gasteiger partial charge in [0, 0.05) is 11.8 Å². The SMILES string of the molecule is CCOc1cccc(Nc2ccc(C)cc2N)c1. The van der Waals surface area contributed by atoms with Crippen LogP contribution in [0.4, 0.5) is 17.1 Å². The Morgan fingerprint density at radius 3 is 2.72 bits per heavy atom. The number of hydrogen-bond donors (Lipinski definition) is 2. The van der Waals surface area contributed by atoms with Crippen LogP contribution in [-0.4, -0.2) is 6.61 Å². The van der Waals surface area contributed by atoms with Gasteiger partial charge in [-0.3, -0.25) is 0 Å². The van der Waals surface area contributed by atoms with Gasteiger partial charge in [-0.25, -0.2) is 0 Å². The van der Waals surface area contributed by atoms with Crippen molar-refractivity contribution in [1.82, 2.24) is 0 Å². The molecular weight excluding hydrogens is 224 g/mol. The zero-order valence-corrected chi connectivity index (χ0v) is 10.7. The molecule has 0 saturated carbocycles. The summed E-state index contributed by atoms with van der Waals surface area (Å²) < 4.78 is 5.46. The van der Waals surface area contributed by atoms with Gasteiger partial charge in [-0.1, -0.05) is 12.1 Å². The third-order valence-corrected chi connectivity index (χ3v) is 2.63. The van der Waals surface area contributed by atoms with Crippen LogP contribution in [0.25, 0.3) is 0 Å². The van der Waals surface area contributed by atoms with Crippen LogP contribution >= 0.6 is 0 Å². The van der Waals surface area contributed by atoms with Crippen molar-refractivity contribution in [2.45, 2.75) is 13.8 Å². The van der Waals surface area contributed by atoms with Crippen LogP contribution in [0.2, 0.25) is 0 Å². The summed E-state index contributed by atoms with van der Waals surface area (Å²) in [6.07, 6.45) is 0. The fourth-order valence-corrected chi connectivity index (χ4v) is 1.78. The number of rotatable bonds is 4. The van der Waals surface area contributed by atoms with Crippen LogP contribution in [0.15, 0.2) is 42.5 Å². The van der Waals surface area contributed by atoms with E-state index >= 15 is 0 Å². The van der Waals surface area contributed by atoms with Gasteiger partial charge in [-0.15, -0.1) is 0 Å². The number of benzene rings is 2. The van der Waals surface area contributed by atoms with Gasteiger partial charge in [0.1, 0.15) is 5.75 Å². The molecule has 3 heteroatoms. The molecule has 0 amide bonds. The van der Waals surface area contributed by atoms with Gasteiger partial charge in [0.15, 0.2) is 0 Å². The molecule has 3 nitrogen and oxygen atoms in total. The Morgan fingerprint density at radius 1 is 1.17 bits per heavy atom. The van der Waals surface area contributed by atoms with Crippen LogP contribution < -0.4 is 15.8 Å². The smallest absolute Gasteiger partial charge is 0.121 e. The normalized spacial score (nSPS) is 10.1. The molecule has 0 aliphatic carbocycles. The Bertz CT molecular complexity index is 538. The van der Waals surface area contributed by atoms with Gasteiger partial charge in [-0.05, 0) is 43.7 Å².